The second-order valence-electron chi connectivity index (χ2n) is 15.7. The number of carbonyl (C=O) groups is 5. The molecule has 0 spiro atoms. The molecular formula is C45H83NO10. The molecule has 0 fully saturated rings. The van der Waals surface area contributed by atoms with Crippen LogP contribution in [-0.2, 0) is 47.7 Å². The molecule has 328 valence electrons. The molecule has 0 amide bonds. The highest BCUT2D eigenvalue weighted by atomic mass is 16.6. The Balaban J connectivity index is 4.51. The number of carbonyl (C=O) groups excluding carboxylic acids is 5. The zero-order valence-electron chi connectivity index (χ0n) is 36.5. The summed E-state index contributed by atoms with van der Waals surface area (Å²) in [4.78, 5) is 63.9. The van der Waals surface area contributed by atoms with Crippen molar-refractivity contribution in [1.29, 1.82) is 0 Å². The van der Waals surface area contributed by atoms with Crippen molar-refractivity contribution >= 4 is 29.8 Å². The van der Waals surface area contributed by atoms with Crippen molar-refractivity contribution in [3.05, 3.63) is 0 Å². The predicted molar refractivity (Wildman–Crippen MR) is 222 cm³/mol. The maximum absolute atomic E-state index is 12.5. The Kier molecular flexibility index (Phi) is 37.3. The molecule has 11 heteroatoms. The van der Waals surface area contributed by atoms with Crippen molar-refractivity contribution in [3.63, 3.8) is 0 Å². The summed E-state index contributed by atoms with van der Waals surface area (Å²) < 4.78 is 27.2. The van der Waals surface area contributed by atoms with Crippen LogP contribution in [0, 0.1) is 5.92 Å². The Labute approximate surface area is 341 Å². The zero-order chi connectivity index (χ0) is 41.5. The summed E-state index contributed by atoms with van der Waals surface area (Å²) in [5, 5.41) is 0. The second kappa shape index (κ2) is 39.2. The number of nitrogens with zero attached hydrogens (tertiary/aromatic N) is 1. The van der Waals surface area contributed by atoms with Crippen LogP contribution in [0.15, 0.2) is 0 Å². The summed E-state index contributed by atoms with van der Waals surface area (Å²) in [5.74, 6) is -1.51. The van der Waals surface area contributed by atoms with Crippen molar-refractivity contribution in [1.82, 2.24) is 4.90 Å². The third-order valence-electron chi connectivity index (χ3n) is 9.84. The van der Waals surface area contributed by atoms with Gasteiger partial charge in [0, 0.05) is 32.1 Å². The van der Waals surface area contributed by atoms with Crippen LogP contribution in [0.4, 0.5) is 0 Å². The standard InChI is InChI=1S/C45H83NO10/c1-6-9-12-15-16-17-18-25-35-52-41(47)29-21-22-31-43(49)54-37-40(56-45(51)33-26-34-46(4)5)38-55-44(50)32-24-23-30-42(48)53-36-39(27-19-13-10-7-2)28-20-14-11-8-3/h39-40H,6-38H2,1-5H3. The Bertz CT molecular complexity index is 976. The first-order valence-corrected chi connectivity index (χ1v) is 22.6. The molecule has 0 radical (unpaired) electrons. The number of rotatable bonds is 40. The van der Waals surface area contributed by atoms with Crippen LogP contribution in [-0.4, -0.2) is 87.9 Å². The second-order valence-corrected chi connectivity index (χ2v) is 15.7. The minimum atomic E-state index is -0.937. The van der Waals surface area contributed by atoms with Gasteiger partial charge in [-0.25, -0.2) is 0 Å². The van der Waals surface area contributed by atoms with Gasteiger partial charge in [-0.3, -0.25) is 24.0 Å². The van der Waals surface area contributed by atoms with Gasteiger partial charge in [0.05, 0.1) is 13.2 Å². The van der Waals surface area contributed by atoms with Crippen LogP contribution >= 0.6 is 0 Å². The Hall–Kier alpha value is -2.69. The quantitative estimate of drug-likeness (QED) is 0.0333. The van der Waals surface area contributed by atoms with Crippen molar-refractivity contribution < 1.29 is 47.7 Å². The number of hydrogen-bond donors (Lipinski definition) is 0. The summed E-state index contributed by atoms with van der Waals surface area (Å²) in [6, 6.07) is 0. The molecule has 0 heterocycles. The summed E-state index contributed by atoms with van der Waals surface area (Å²) >= 11 is 0. The lowest BCUT2D eigenvalue weighted by molar-refractivity contribution is -0.167. The molecule has 1 atom stereocenters. The van der Waals surface area contributed by atoms with Gasteiger partial charge in [-0.15, -0.1) is 0 Å². The van der Waals surface area contributed by atoms with Gasteiger partial charge in [-0.05, 0) is 77.9 Å². The van der Waals surface area contributed by atoms with Crippen LogP contribution in [0.3, 0.4) is 0 Å². The first-order chi connectivity index (χ1) is 27.1. The molecule has 11 nitrogen and oxygen atoms in total. The van der Waals surface area contributed by atoms with E-state index in [4.69, 9.17) is 23.7 Å². The first-order valence-electron chi connectivity index (χ1n) is 22.6. The maximum atomic E-state index is 12.5. The van der Waals surface area contributed by atoms with Crippen LogP contribution in [0.1, 0.15) is 201 Å². The summed E-state index contributed by atoms with van der Waals surface area (Å²) in [6.07, 6.45) is 23.8. The van der Waals surface area contributed by atoms with Gasteiger partial charge in [-0.2, -0.15) is 0 Å². The molecule has 0 rings (SSSR count). The molecule has 0 aliphatic carbocycles. The van der Waals surface area contributed by atoms with Gasteiger partial charge in [-0.1, -0.05) is 117 Å². The molecular weight excluding hydrogens is 714 g/mol. The Morgan fingerprint density at radius 3 is 1.23 bits per heavy atom. The average Bonchev–Trinajstić information content (AvgIpc) is 3.17. The highest BCUT2D eigenvalue weighted by Gasteiger charge is 2.20. The van der Waals surface area contributed by atoms with Crippen molar-refractivity contribution in [2.75, 3.05) is 47.1 Å². The fraction of sp³-hybridized carbons (Fsp3) is 0.889. The van der Waals surface area contributed by atoms with Crippen molar-refractivity contribution in [2.45, 2.75) is 207 Å². The number of esters is 5. The Morgan fingerprint density at radius 1 is 0.411 bits per heavy atom. The first kappa shape index (κ1) is 53.3. The number of hydrogen-bond acceptors (Lipinski definition) is 11. The lowest BCUT2D eigenvalue weighted by Gasteiger charge is -2.18. The third kappa shape index (κ3) is 36.9. The maximum Gasteiger partial charge on any atom is 0.306 e. The van der Waals surface area contributed by atoms with Gasteiger partial charge in [0.2, 0.25) is 0 Å². The number of unbranched alkanes of at least 4 members (excludes halogenated alkanes) is 15. The van der Waals surface area contributed by atoms with Gasteiger partial charge in [0.15, 0.2) is 6.10 Å². The van der Waals surface area contributed by atoms with E-state index in [-0.39, 0.29) is 57.3 Å². The largest absolute Gasteiger partial charge is 0.466 e. The molecule has 56 heavy (non-hydrogen) atoms. The van der Waals surface area contributed by atoms with Gasteiger partial charge < -0.3 is 28.6 Å². The molecule has 0 aromatic carbocycles. The summed E-state index contributed by atoms with van der Waals surface area (Å²) in [6.45, 7) is 7.75. The Morgan fingerprint density at radius 2 is 0.786 bits per heavy atom. The molecule has 0 aromatic heterocycles. The van der Waals surface area contributed by atoms with E-state index in [0.29, 0.717) is 57.8 Å². The summed E-state index contributed by atoms with van der Waals surface area (Å²) in [5.41, 5.74) is 0. The van der Waals surface area contributed by atoms with E-state index >= 15 is 0 Å². The third-order valence-corrected chi connectivity index (χ3v) is 9.84. The van der Waals surface area contributed by atoms with Gasteiger partial charge in [0.1, 0.15) is 13.2 Å². The van der Waals surface area contributed by atoms with E-state index in [0.717, 1.165) is 25.7 Å². The normalized spacial score (nSPS) is 11.8. The van der Waals surface area contributed by atoms with Gasteiger partial charge >= 0.3 is 29.8 Å². The van der Waals surface area contributed by atoms with E-state index in [1.165, 1.54) is 89.9 Å². The van der Waals surface area contributed by atoms with Crippen LogP contribution < -0.4 is 0 Å². The smallest absolute Gasteiger partial charge is 0.306 e. The monoisotopic (exact) mass is 798 g/mol. The molecule has 0 N–H and O–H groups in total. The highest BCUT2D eigenvalue weighted by molar-refractivity contribution is 5.72. The van der Waals surface area contributed by atoms with E-state index in [1.807, 2.05) is 19.0 Å². The lowest BCUT2D eigenvalue weighted by Crippen LogP contribution is -2.31. The van der Waals surface area contributed by atoms with Crippen LogP contribution in [0.25, 0.3) is 0 Å². The van der Waals surface area contributed by atoms with Crippen molar-refractivity contribution in [2.24, 2.45) is 5.92 Å². The summed E-state index contributed by atoms with van der Waals surface area (Å²) in [7, 11) is 3.83. The predicted octanol–water partition coefficient (Wildman–Crippen LogP) is 10.2. The van der Waals surface area contributed by atoms with E-state index in [1.54, 1.807) is 0 Å². The lowest BCUT2D eigenvalue weighted by atomic mass is 9.95. The highest BCUT2D eigenvalue weighted by Crippen LogP contribution is 2.19. The minimum Gasteiger partial charge on any atom is -0.466 e. The fourth-order valence-electron chi connectivity index (χ4n) is 6.30. The molecule has 0 aromatic rings. The molecule has 0 saturated heterocycles. The average molecular weight is 798 g/mol. The number of ether oxygens (including phenoxy) is 5. The minimum absolute atomic E-state index is 0.107. The molecule has 1 unspecified atom stereocenters. The van der Waals surface area contributed by atoms with Crippen LogP contribution in [0.5, 0.6) is 0 Å². The zero-order valence-corrected chi connectivity index (χ0v) is 36.5. The van der Waals surface area contributed by atoms with Crippen LogP contribution in [0.2, 0.25) is 0 Å². The van der Waals surface area contributed by atoms with Gasteiger partial charge in [0.25, 0.3) is 0 Å². The van der Waals surface area contributed by atoms with Crippen molar-refractivity contribution in [3.8, 4) is 0 Å². The molecule has 0 saturated carbocycles. The van der Waals surface area contributed by atoms with E-state index < -0.39 is 24.0 Å². The molecule has 0 aliphatic rings. The molecule has 0 bridgehead atoms. The topological polar surface area (TPSA) is 135 Å². The molecule has 0 aliphatic heterocycles. The van der Waals surface area contributed by atoms with E-state index in [2.05, 4.69) is 20.8 Å². The SMILES string of the molecule is CCCCCCCCCCOC(=O)CCCCC(=O)OCC(COC(=O)CCCCC(=O)OCC(CCCCCC)CCCCCC)OC(=O)CCCN(C)C. The fourth-order valence-corrected chi connectivity index (χ4v) is 6.30. The van der Waals surface area contributed by atoms with E-state index in [9.17, 15) is 24.0 Å².